The number of rotatable bonds is 5. The minimum absolute atomic E-state index is 0. The van der Waals surface area contributed by atoms with E-state index < -0.39 is 16.6 Å². The molecule has 156 valence electrons. The predicted molar refractivity (Wildman–Crippen MR) is 119 cm³/mol. The van der Waals surface area contributed by atoms with Crippen LogP contribution in [0.3, 0.4) is 0 Å². The van der Waals surface area contributed by atoms with Gasteiger partial charge in [0, 0.05) is 50.9 Å². The van der Waals surface area contributed by atoms with Crippen molar-refractivity contribution in [3.05, 3.63) is 69.8 Å². The maximum Gasteiger partial charge on any atom is 0.269 e. The molecule has 2 N–H and O–H groups in total. The molecular formula is C19H22F2IN5O2. The van der Waals surface area contributed by atoms with Crippen LogP contribution in [0.2, 0.25) is 0 Å². The Bertz CT molecular complexity index is 879. The number of aliphatic imine (C=N–C) groups is 1. The van der Waals surface area contributed by atoms with Gasteiger partial charge in [0.2, 0.25) is 0 Å². The molecule has 0 aliphatic carbocycles. The molecule has 29 heavy (non-hydrogen) atoms. The van der Waals surface area contributed by atoms with Gasteiger partial charge in [0.25, 0.3) is 5.69 Å². The van der Waals surface area contributed by atoms with Gasteiger partial charge in [0.1, 0.15) is 11.6 Å². The fourth-order valence-corrected chi connectivity index (χ4v) is 3.14. The molecule has 1 aliphatic rings. The number of nitrogens with zero attached hydrogens (tertiary/aromatic N) is 3. The first-order valence-corrected chi connectivity index (χ1v) is 8.87. The molecule has 3 rings (SSSR count). The molecule has 10 heteroatoms. The second-order valence-corrected chi connectivity index (χ2v) is 6.52. The lowest BCUT2D eigenvalue weighted by Crippen LogP contribution is -2.44. The van der Waals surface area contributed by atoms with Crippen LogP contribution in [0.25, 0.3) is 0 Å². The molecule has 0 radical (unpaired) electrons. The third-order valence-corrected chi connectivity index (χ3v) is 4.61. The molecule has 0 amide bonds. The summed E-state index contributed by atoms with van der Waals surface area (Å²) in [6.07, 6.45) is 0.787. The second kappa shape index (κ2) is 10.3. The number of nitro groups is 1. The third-order valence-electron chi connectivity index (χ3n) is 4.61. The van der Waals surface area contributed by atoms with E-state index in [9.17, 15) is 18.9 Å². The number of hydrogen-bond acceptors (Lipinski definition) is 4. The molecule has 2 aromatic rings. The number of anilines is 1. The summed E-state index contributed by atoms with van der Waals surface area (Å²) in [5.41, 5.74) is 1.32. The van der Waals surface area contributed by atoms with E-state index in [1.165, 1.54) is 24.3 Å². The van der Waals surface area contributed by atoms with Gasteiger partial charge in [-0.1, -0.05) is 12.1 Å². The molecule has 1 saturated heterocycles. The molecular weight excluding hydrogens is 495 g/mol. The Morgan fingerprint density at radius 1 is 1.28 bits per heavy atom. The average Bonchev–Trinajstić information content (AvgIpc) is 3.13. The molecule has 0 saturated carbocycles. The molecule has 0 aromatic heterocycles. The standard InChI is InChI=1S/C19H21F2N5O2.HI/c1-22-19(23-11-13-2-5-16(6-3-13)26(27)28)24-15-8-9-25(12-15)18-7-4-14(20)10-17(18)21;/h2-7,10,15H,8-9,11-12H2,1H3,(H2,22,23,24);1H. The average molecular weight is 517 g/mol. The fourth-order valence-electron chi connectivity index (χ4n) is 3.14. The highest BCUT2D eigenvalue weighted by Crippen LogP contribution is 2.24. The van der Waals surface area contributed by atoms with E-state index >= 15 is 0 Å². The molecule has 1 atom stereocenters. The van der Waals surface area contributed by atoms with Crippen molar-refractivity contribution < 1.29 is 13.7 Å². The Kier molecular flexibility index (Phi) is 8.11. The Morgan fingerprint density at radius 2 is 2.00 bits per heavy atom. The van der Waals surface area contributed by atoms with Crippen molar-refractivity contribution in [1.82, 2.24) is 10.6 Å². The van der Waals surface area contributed by atoms with Gasteiger partial charge in [-0.05, 0) is 24.1 Å². The van der Waals surface area contributed by atoms with Crippen molar-refractivity contribution in [3.8, 4) is 0 Å². The fraction of sp³-hybridized carbons (Fsp3) is 0.316. The Morgan fingerprint density at radius 3 is 2.62 bits per heavy atom. The molecule has 2 aromatic carbocycles. The zero-order valence-electron chi connectivity index (χ0n) is 15.8. The monoisotopic (exact) mass is 517 g/mol. The quantitative estimate of drug-likeness (QED) is 0.209. The van der Waals surface area contributed by atoms with Crippen LogP contribution in [0.1, 0.15) is 12.0 Å². The number of benzene rings is 2. The van der Waals surface area contributed by atoms with Crippen LogP contribution in [-0.2, 0) is 6.54 Å². The van der Waals surface area contributed by atoms with Crippen LogP contribution < -0.4 is 15.5 Å². The molecule has 1 aliphatic heterocycles. The number of nitrogens with one attached hydrogen (secondary N) is 2. The van der Waals surface area contributed by atoms with E-state index in [1.54, 1.807) is 19.2 Å². The molecule has 1 fully saturated rings. The van der Waals surface area contributed by atoms with Crippen molar-refractivity contribution in [1.29, 1.82) is 0 Å². The highest BCUT2D eigenvalue weighted by molar-refractivity contribution is 14.0. The normalized spacial score (nSPS) is 16.3. The maximum absolute atomic E-state index is 14.0. The van der Waals surface area contributed by atoms with Crippen molar-refractivity contribution in [3.63, 3.8) is 0 Å². The summed E-state index contributed by atoms with van der Waals surface area (Å²) in [7, 11) is 1.65. The van der Waals surface area contributed by atoms with E-state index in [2.05, 4.69) is 15.6 Å². The van der Waals surface area contributed by atoms with Crippen LogP contribution in [0, 0.1) is 21.7 Å². The summed E-state index contributed by atoms with van der Waals surface area (Å²) in [5, 5.41) is 17.1. The summed E-state index contributed by atoms with van der Waals surface area (Å²) < 4.78 is 27.1. The zero-order chi connectivity index (χ0) is 20.1. The van der Waals surface area contributed by atoms with E-state index in [0.29, 0.717) is 31.3 Å². The highest BCUT2D eigenvalue weighted by atomic mass is 127. The van der Waals surface area contributed by atoms with Crippen molar-refractivity contribution in [2.75, 3.05) is 25.0 Å². The summed E-state index contributed by atoms with van der Waals surface area (Å²) in [4.78, 5) is 16.3. The smallest absolute Gasteiger partial charge is 0.269 e. The van der Waals surface area contributed by atoms with Gasteiger partial charge in [-0.15, -0.1) is 24.0 Å². The second-order valence-electron chi connectivity index (χ2n) is 6.52. The SMILES string of the molecule is CN=C(NCc1ccc([N+](=O)[O-])cc1)NC1CCN(c2ccc(F)cc2F)C1.I. The maximum atomic E-state index is 14.0. The Hall–Kier alpha value is -2.50. The summed E-state index contributed by atoms with van der Waals surface area (Å²) in [5.74, 6) is -0.572. The van der Waals surface area contributed by atoms with Crippen LogP contribution in [-0.4, -0.2) is 37.1 Å². The lowest BCUT2D eigenvalue weighted by molar-refractivity contribution is -0.384. The minimum Gasteiger partial charge on any atom is -0.367 e. The summed E-state index contributed by atoms with van der Waals surface area (Å²) in [6.45, 7) is 1.68. The van der Waals surface area contributed by atoms with E-state index in [4.69, 9.17) is 0 Å². The number of non-ortho nitro benzene ring substituents is 1. The van der Waals surface area contributed by atoms with E-state index in [1.807, 2.05) is 4.90 Å². The minimum atomic E-state index is -0.592. The number of hydrogen-bond donors (Lipinski definition) is 2. The van der Waals surface area contributed by atoms with Crippen molar-refractivity contribution in [2.24, 2.45) is 4.99 Å². The predicted octanol–water partition coefficient (Wildman–Crippen LogP) is 3.43. The zero-order valence-corrected chi connectivity index (χ0v) is 18.1. The first-order chi connectivity index (χ1) is 13.5. The molecule has 1 heterocycles. The molecule has 0 spiro atoms. The van der Waals surface area contributed by atoms with Crippen LogP contribution >= 0.6 is 24.0 Å². The summed E-state index contributed by atoms with van der Waals surface area (Å²) >= 11 is 0. The van der Waals surface area contributed by atoms with Gasteiger partial charge in [-0.2, -0.15) is 0 Å². The van der Waals surface area contributed by atoms with Crippen LogP contribution in [0.4, 0.5) is 20.2 Å². The number of nitro benzene ring substituents is 1. The van der Waals surface area contributed by atoms with Gasteiger partial charge in [0.15, 0.2) is 5.96 Å². The van der Waals surface area contributed by atoms with Crippen LogP contribution in [0.5, 0.6) is 0 Å². The first kappa shape index (κ1) is 22.8. The van der Waals surface area contributed by atoms with Crippen molar-refractivity contribution in [2.45, 2.75) is 19.0 Å². The van der Waals surface area contributed by atoms with Crippen LogP contribution in [0.15, 0.2) is 47.5 Å². The Labute approximate surface area is 184 Å². The van der Waals surface area contributed by atoms with Gasteiger partial charge >= 0.3 is 0 Å². The number of guanidine groups is 1. The van der Waals surface area contributed by atoms with Gasteiger partial charge in [-0.25, -0.2) is 8.78 Å². The lowest BCUT2D eigenvalue weighted by Gasteiger charge is -2.21. The van der Waals surface area contributed by atoms with E-state index in [-0.39, 0.29) is 35.7 Å². The molecule has 1 unspecified atom stereocenters. The van der Waals surface area contributed by atoms with Gasteiger partial charge in [-0.3, -0.25) is 15.1 Å². The van der Waals surface area contributed by atoms with Gasteiger partial charge in [0.05, 0.1) is 10.6 Å². The van der Waals surface area contributed by atoms with Crippen molar-refractivity contribution >= 4 is 41.3 Å². The third kappa shape index (κ3) is 5.99. The van der Waals surface area contributed by atoms with Gasteiger partial charge < -0.3 is 15.5 Å². The molecule has 0 bridgehead atoms. The summed E-state index contributed by atoms with van der Waals surface area (Å²) in [6, 6.07) is 9.95. The largest absolute Gasteiger partial charge is 0.367 e. The number of halogens is 3. The lowest BCUT2D eigenvalue weighted by atomic mass is 10.2. The topological polar surface area (TPSA) is 82.8 Å². The van der Waals surface area contributed by atoms with E-state index in [0.717, 1.165) is 18.1 Å². The molecule has 7 nitrogen and oxygen atoms in total. The Balaban J connectivity index is 0.00000300. The highest BCUT2D eigenvalue weighted by Gasteiger charge is 2.25. The first-order valence-electron chi connectivity index (χ1n) is 8.87.